The first-order valence-corrected chi connectivity index (χ1v) is 9.27. The molecule has 27 heavy (non-hydrogen) atoms. The molecule has 0 aromatic carbocycles. The average molecular weight is 371 g/mol. The van der Waals surface area contributed by atoms with E-state index in [0.29, 0.717) is 26.2 Å². The molecule has 3 aliphatic heterocycles. The maximum atomic E-state index is 13.2. The Morgan fingerprint density at radius 2 is 2.33 bits per heavy atom. The third-order valence-electron chi connectivity index (χ3n) is 5.91. The fraction of sp³-hybridized carbons (Fsp3) is 0.550. The number of rotatable bonds is 6. The van der Waals surface area contributed by atoms with E-state index in [2.05, 4.69) is 4.98 Å². The van der Waals surface area contributed by atoms with Crippen molar-refractivity contribution in [2.75, 3.05) is 33.9 Å². The van der Waals surface area contributed by atoms with Crippen LogP contribution < -0.4 is 0 Å². The van der Waals surface area contributed by atoms with Crippen molar-refractivity contribution in [2.45, 2.75) is 25.2 Å². The quantitative estimate of drug-likeness (QED) is 0.691. The van der Waals surface area contributed by atoms with Gasteiger partial charge in [-0.25, -0.2) is 0 Å². The minimum absolute atomic E-state index is 0.0142. The van der Waals surface area contributed by atoms with Crippen LogP contribution in [0.2, 0.25) is 0 Å². The summed E-state index contributed by atoms with van der Waals surface area (Å²) >= 11 is 0. The summed E-state index contributed by atoms with van der Waals surface area (Å²) in [5, 5.41) is 0. The normalized spacial score (nSPS) is 30.9. The Kier molecular flexibility index (Phi) is 4.52. The van der Waals surface area contributed by atoms with Crippen molar-refractivity contribution < 1.29 is 19.1 Å². The van der Waals surface area contributed by atoms with Gasteiger partial charge in [-0.05, 0) is 18.6 Å². The summed E-state index contributed by atoms with van der Waals surface area (Å²) in [7, 11) is 3.38. The minimum Gasteiger partial charge on any atom is -0.383 e. The first-order valence-electron chi connectivity index (χ1n) is 9.27. The number of ether oxygens (including phenoxy) is 2. The monoisotopic (exact) mass is 371 g/mol. The van der Waals surface area contributed by atoms with Gasteiger partial charge in [0.15, 0.2) is 0 Å². The lowest BCUT2D eigenvalue weighted by atomic mass is 9.76. The summed E-state index contributed by atoms with van der Waals surface area (Å²) in [6.45, 7) is 3.87. The van der Waals surface area contributed by atoms with E-state index in [-0.39, 0.29) is 17.9 Å². The Hall–Kier alpha value is -2.25. The van der Waals surface area contributed by atoms with E-state index in [0.717, 1.165) is 11.3 Å². The summed E-state index contributed by atoms with van der Waals surface area (Å²) in [5.74, 6) is -1.02. The molecule has 1 aromatic rings. The van der Waals surface area contributed by atoms with Gasteiger partial charge in [-0.1, -0.05) is 18.2 Å². The van der Waals surface area contributed by atoms with Crippen LogP contribution in [0.3, 0.4) is 0 Å². The lowest BCUT2D eigenvalue weighted by Crippen LogP contribution is -2.44. The van der Waals surface area contributed by atoms with Crippen molar-refractivity contribution in [3.8, 4) is 0 Å². The summed E-state index contributed by atoms with van der Waals surface area (Å²) in [4.78, 5) is 34.0. The molecule has 0 N–H and O–H groups in total. The Labute approximate surface area is 158 Å². The molecule has 4 heterocycles. The highest BCUT2D eigenvalue weighted by Crippen LogP contribution is 2.52. The summed E-state index contributed by atoms with van der Waals surface area (Å²) in [5.41, 5.74) is 1.24. The van der Waals surface area contributed by atoms with Gasteiger partial charge in [0.25, 0.3) is 0 Å². The topological polar surface area (TPSA) is 72.0 Å². The van der Waals surface area contributed by atoms with E-state index in [1.54, 1.807) is 30.2 Å². The molecule has 144 valence electrons. The first-order chi connectivity index (χ1) is 13.0. The van der Waals surface area contributed by atoms with E-state index >= 15 is 0 Å². The molecule has 7 heteroatoms. The Balaban J connectivity index is 1.53. The van der Waals surface area contributed by atoms with Crippen LogP contribution in [0.15, 0.2) is 30.5 Å². The van der Waals surface area contributed by atoms with Crippen molar-refractivity contribution in [1.82, 2.24) is 14.8 Å². The molecular weight excluding hydrogens is 346 g/mol. The molecule has 7 nitrogen and oxygen atoms in total. The molecule has 2 bridgehead atoms. The lowest BCUT2D eigenvalue weighted by Gasteiger charge is -2.28. The maximum Gasteiger partial charge on any atom is 0.230 e. The van der Waals surface area contributed by atoms with Crippen LogP contribution in [0.1, 0.15) is 11.3 Å². The molecule has 0 radical (unpaired) electrons. The summed E-state index contributed by atoms with van der Waals surface area (Å²) in [6, 6.07) is 3.86. The van der Waals surface area contributed by atoms with Crippen LogP contribution in [0, 0.1) is 18.8 Å². The number of carbonyl (C=O) groups excluding carboxylic acids is 2. The van der Waals surface area contributed by atoms with Gasteiger partial charge in [0, 0.05) is 26.9 Å². The number of pyridine rings is 1. The molecule has 0 aliphatic carbocycles. The molecule has 4 atom stereocenters. The first kappa shape index (κ1) is 18.1. The third kappa shape index (κ3) is 2.85. The van der Waals surface area contributed by atoms with E-state index in [1.807, 2.05) is 31.2 Å². The number of aromatic nitrogens is 1. The molecule has 2 fully saturated rings. The highest BCUT2D eigenvalue weighted by atomic mass is 16.5. The Morgan fingerprint density at radius 3 is 3.07 bits per heavy atom. The molecule has 2 saturated heterocycles. The van der Waals surface area contributed by atoms with Gasteiger partial charge >= 0.3 is 0 Å². The van der Waals surface area contributed by atoms with Crippen molar-refractivity contribution in [2.24, 2.45) is 11.8 Å². The van der Waals surface area contributed by atoms with Crippen LogP contribution >= 0.6 is 0 Å². The van der Waals surface area contributed by atoms with Crippen LogP contribution in [-0.2, 0) is 25.6 Å². The number of carbonyl (C=O) groups is 2. The van der Waals surface area contributed by atoms with Gasteiger partial charge in [0.2, 0.25) is 11.8 Å². The maximum absolute atomic E-state index is 13.2. The largest absolute Gasteiger partial charge is 0.383 e. The number of nitrogens with zero attached hydrogens (tertiary/aromatic N) is 3. The van der Waals surface area contributed by atoms with Crippen LogP contribution in [0.25, 0.3) is 0 Å². The highest BCUT2D eigenvalue weighted by Gasteiger charge is 2.66. The zero-order valence-electron chi connectivity index (χ0n) is 15.9. The Bertz CT molecular complexity index is 795. The van der Waals surface area contributed by atoms with E-state index in [1.165, 1.54) is 0 Å². The minimum atomic E-state index is -0.669. The standard InChI is InChI=1S/C20H25N3O4/c1-13-5-4-8-21-14(13)11-22(2)18(24)16-15-6-7-20(27-15)12-23(9-10-26-3)19(25)17(16)20/h4-8,15-17H,9-12H2,1-3H3/t15-,16?,17?,20-/m0/s1. The van der Waals surface area contributed by atoms with Crippen molar-refractivity contribution >= 4 is 11.8 Å². The third-order valence-corrected chi connectivity index (χ3v) is 5.91. The number of amides is 2. The molecule has 4 rings (SSSR count). The van der Waals surface area contributed by atoms with E-state index < -0.39 is 17.4 Å². The molecular formula is C20H25N3O4. The molecule has 2 unspecified atom stereocenters. The van der Waals surface area contributed by atoms with Gasteiger partial charge in [-0.2, -0.15) is 0 Å². The number of likely N-dealkylation sites (tertiary alicyclic amines) is 1. The average Bonchev–Trinajstić information content (AvgIpc) is 3.29. The zero-order valence-corrected chi connectivity index (χ0v) is 15.9. The fourth-order valence-electron chi connectivity index (χ4n) is 4.49. The van der Waals surface area contributed by atoms with Gasteiger partial charge in [0.1, 0.15) is 5.60 Å². The summed E-state index contributed by atoms with van der Waals surface area (Å²) < 4.78 is 11.3. The van der Waals surface area contributed by atoms with Gasteiger partial charge < -0.3 is 19.3 Å². The SMILES string of the molecule is COCCN1C[C@]23C=C[C@H](O2)C(C(=O)N(C)Cc2ncccc2C)C3C1=O. The fourth-order valence-corrected chi connectivity index (χ4v) is 4.49. The van der Waals surface area contributed by atoms with Gasteiger partial charge in [-0.15, -0.1) is 0 Å². The number of aryl methyl sites for hydroxylation is 1. The van der Waals surface area contributed by atoms with Crippen molar-refractivity contribution in [3.05, 3.63) is 41.7 Å². The van der Waals surface area contributed by atoms with Gasteiger partial charge in [0.05, 0.1) is 43.3 Å². The van der Waals surface area contributed by atoms with Gasteiger partial charge in [-0.3, -0.25) is 14.6 Å². The highest BCUT2D eigenvalue weighted by molar-refractivity contribution is 5.93. The smallest absolute Gasteiger partial charge is 0.230 e. The second kappa shape index (κ2) is 6.73. The van der Waals surface area contributed by atoms with Crippen LogP contribution in [-0.4, -0.2) is 72.2 Å². The predicted octanol–water partition coefficient (Wildman–Crippen LogP) is 0.777. The number of hydrogen-bond donors (Lipinski definition) is 0. The van der Waals surface area contributed by atoms with Crippen molar-refractivity contribution in [3.63, 3.8) is 0 Å². The molecule has 2 amide bonds. The number of methoxy groups -OCH3 is 1. The predicted molar refractivity (Wildman–Crippen MR) is 97.6 cm³/mol. The zero-order chi connectivity index (χ0) is 19.2. The molecule has 3 aliphatic rings. The van der Waals surface area contributed by atoms with Crippen molar-refractivity contribution in [1.29, 1.82) is 0 Å². The van der Waals surface area contributed by atoms with Crippen LogP contribution in [0.5, 0.6) is 0 Å². The number of hydrogen-bond acceptors (Lipinski definition) is 5. The lowest BCUT2D eigenvalue weighted by molar-refractivity contribution is -0.142. The van der Waals surface area contributed by atoms with E-state index in [4.69, 9.17) is 9.47 Å². The molecule has 0 saturated carbocycles. The second-order valence-electron chi connectivity index (χ2n) is 7.61. The Morgan fingerprint density at radius 1 is 1.52 bits per heavy atom. The number of fused-ring (bicyclic) bond motifs is 1. The summed E-state index contributed by atoms with van der Waals surface area (Å²) in [6.07, 6.45) is 5.31. The van der Waals surface area contributed by atoms with E-state index in [9.17, 15) is 9.59 Å². The second-order valence-corrected chi connectivity index (χ2v) is 7.61. The molecule has 1 aromatic heterocycles. The molecule has 1 spiro atoms. The van der Waals surface area contributed by atoms with Crippen LogP contribution in [0.4, 0.5) is 0 Å².